The van der Waals surface area contributed by atoms with E-state index in [0.717, 1.165) is 0 Å². The van der Waals surface area contributed by atoms with E-state index in [1.54, 1.807) is 20.8 Å². The van der Waals surface area contributed by atoms with E-state index in [4.69, 9.17) is 15.2 Å². The maximum atomic E-state index is 12.3. The van der Waals surface area contributed by atoms with Crippen LogP contribution in [0.25, 0.3) is 11.1 Å². The molecule has 1 atom stereocenters. The Hall–Kier alpha value is -3.39. The summed E-state index contributed by atoms with van der Waals surface area (Å²) in [5, 5.41) is 5.39. The fourth-order valence-electron chi connectivity index (χ4n) is 4.22. The van der Waals surface area contributed by atoms with Crippen molar-refractivity contribution < 1.29 is 23.9 Å². The monoisotopic (exact) mass is 481 g/mol. The largest absolute Gasteiger partial charge is 0.464 e. The van der Waals surface area contributed by atoms with Crippen LogP contribution in [0.5, 0.6) is 0 Å². The molecule has 0 radical (unpaired) electrons. The van der Waals surface area contributed by atoms with Gasteiger partial charge < -0.3 is 25.8 Å². The SMILES string of the molecule is CCOC(=O)C(C)(C)NC(=O)[C@@H](N)CCCCNC(=O)OCC1c2ccccc2-c2ccccc21. The van der Waals surface area contributed by atoms with Crippen LogP contribution >= 0.6 is 0 Å². The van der Waals surface area contributed by atoms with Gasteiger partial charge in [-0.15, -0.1) is 0 Å². The Morgan fingerprint density at radius 3 is 2.17 bits per heavy atom. The van der Waals surface area contributed by atoms with Crippen LogP contribution in [0.3, 0.4) is 0 Å². The molecule has 3 rings (SSSR count). The van der Waals surface area contributed by atoms with Crippen molar-refractivity contribution in [2.75, 3.05) is 19.8 Å². The number of hydrogen-bond donors (Lipinski definition) is 3. The van der Waals surface area contributed by atoms with Gasteiger partial charge in [0.1, 0.15) is 12.1 Å². The van der Waals surface area contributed by atoms with E-state index in [2.05, 4.69) is 34.9 Å². The van der Waals surface area contributed by atoms with E-state index in [1.807, 2.05) is 24.3 Å². The van der Waals surface area contributed by atoms with Gasteiger partial charge in [-0.2, -0.15) is 0 Å². The molecule has 0 fully saturated rings. The molecule has 8 nitrogen and oxygen atoms in total. The Labute approximate surface area is 206 Å². The first-order valence-electron chi connectivity index (χ1n) is 12.1. The van der Waals surface area contributed by atoms with E-state index in [9.17, 15) is 14.4 Å². The molecule has 8 heteroatoms. The van der Waals surface area contributed by atoms with E-state index in [1.165, 1.54) is 22.3 Å². The molecule has 2 amide bonds. The second kappa shape index (κ2) is 11.8. The van der Waals surface area contributed by atoms with Crippen molar-refractivity contribution in [1.29, 1.82) is 0 Å². The molecular formula is C27H35N3O5. The van der Waals surface area contributed by atoms with Crippen molar-refractivity contribution in [3.8, 4) is 11.1 Å². The number of nitrogens with two attached hydrogens (primary N) is 1. The van der Waals surface area contributed by atoms with Gasteiger partial charge in [0.05, 0.1) is 12.6 Å². The number of rotatable bonds is 11. The number of unbranched alkanes of at least 4 members (excludes halogenated alkanes) is 1. The predicted molar refractivity (Wildman–Crippen MR) is 134 cm³/mol. The van der Waals surface area contributed by atoms with Gasteiger partial charge in [0.25, 0.3) is 0 Å². The number of ether oxygens (including phenoxy) is 2. The number of carbonyl (C=O) groups is 3. The first kappa shape index (κ1) is 26.2. The summed E-state index contributed by atoms with van der Waals surface area (Å²) in [6.45, 7) is 5.78. The topological polar surface area (TPSA) is 120 Å². The highest BCUT2D eigenvalue weighted by Gasteiger charge is 2.32. The summed E-state index contributed by atoms with van der Waals surface area (Å²) >= 11 is 0. The van der Waals surface area contributed by atoms with Crippen LogP contribution in [0.2, 0.25) is 0 Å². The number of nitrogens with one attached hydrogen (secondary N) is 2. The number of benzene rings is 2. The molecule has 1 aliphatic rings. The van der Waals surface area contributed by atoms with Gasteiger partial charge >= 0.3 is 12.1 Å². The van der Waals surface area contributed by atoms with E-state index in [-0.39, 0.29) is 19.1 Å². The number of alkyl carbamates (subject to hydrolysis) is 1. The molecule has 0 bridgehead atoms. The number of esters is 1. The quantitative estimate of drug-likeness (QED) is 0.334. The van der Waals surface area contributed by atoms with Crippen molar-refractivity contribution in [3.05, 3.63) is 59.7 Å². The molecule has 0 spiro atoms. The molecule has 0 heterocycles. The van der Waals surface area contributed by atoms with Gasteiger partial charge in [0, 0.05) is 12.5 Å². The van der Waals surface area contributed by atoms with Gasteiger partial charge in [0.15, 0.2) is 0 Å². The average molecular weight is 482 g/mol. The number of fused-ring (bicyclic) bond motifs is 3. The maximum Gasteiger partial charge on any atom is 0.407 e. The molecule has 35 heavy (non-hydrogen) atoms. The molecule has 0 aliphatic heterocycles. The van der Waals surface area contributed by atoms with Crippen molar-refractivity contribution in [1.82, 2.24) is 10.6 Å². The predicted octanol–water partition coefficient (Wildman–Crippen LogP) is 3.48. The third-order valence-corrected chi connectivity index (χ3v) is 6.11. The Balaban J connectivity index is 1.36. The van der Waals surface area contributed by atoms with Crippen LogP contribution < -0.4 is 16.4 Å². The smallest absolute Gasteiger partial charge is 0.407 e. The molecular weight excluding hydrogens is 446 g/mol. The fraction of sp³-hybridized carbons (Fsp3) is 0.444. The molecule has 2 aromatic rings. The standard InChI is InChI=1S/C27H35N3O5/c1-4-34-25(32)27(2,3)30-24(31)23(28)15-9-10-16-29-26(33)35-17-22-20-13-7-5-11-18(20)19-12-6-8-14-21(19)22/h5-8,11-14,22-23H,4,9-10,15-17,28H2,1-3H3,(H,29,33)(H,30,31)/t23-/m0/s1. The third-order valence-electron chi connectivity index (χ3n) is 6.11. The van der Waals surface area contributed by atoms with Crippen molar-refractivity contribution in [3.63, 3.8) is 0 Å². The fourth-order valence-corrected chi connectivity index (χ4v) is 4.22. The van der Waals surface area contributed by atoms with Crippen LogP contribution in [0.1, 0.15) is 57.1 Å². The first-order chi connectivity index (χ1) is 16.7. The van der Waals surface area contributed by atoms with Crippen LogP contribution in [-0.4, -0.2) is 49.3 Å². The van der Waals surface area contributed by atoms with E-state index in [0.29, 0.717) is 25.8 Å². The van der Waals surface area contributed by atoms with Crippen LogP contribution in [0.15, 0.2) is 48.5 Å². The van der Waals surface area contributed by atoms with Crippen LogP contribution in [0.4, 0.5) is 4.79 Å². The van der Waals surface area contributed by atoms with Gasteiger partial charge in [0.2, 0.25) is 5.91 Å². The summed E-state index contributed by atoms with van der Waals surface area (Å²) in [4.78, 5) is 36.4. The van der Waals surface area contributed by atoms with Gasteiger partial charge in [-0.1, -0.05) is 48.5 Å². The lowest BCUT2D eigenvalue weighted by molar-refractivity contribution is -0.151. The second-order valence-corrected chi connectivity index (χ2v) is 9.19. The molecule has 0 saturated carbocycles. The zero-order valence-electron chi connectivity index (χ0n) is 20.6. The second-order valence-electron chi connectivity index (χ2n) is 9.19. The highest BCUT2D eigenvalue weighted by Crippen LogP contribution is 2.44. The van der Waals surface area contributed by atoms with Crippen molar-refractivity contribution in [2.45, 2.75) is 57.5 Å². The molecule has 0 aromatic heterocycles. The minimum Gasteiger partial charge on any atom is -0.464 e. The summed E-state index contributed by atoms with van der Waals surface area (Å²) in [6.07, 6.45) is 1.24. The van der Waals surface area contributed by atoms with E-state index < -0.39 is 29.6 Å². The number of carbonyl (C=O) groups excluding carboxylic acids is 3. The summed E-state index contributed by atoms with van der Waals surface area (Å²) in [5.74, 6) is -0.899. The molecule has 2 aromatic carbocycles. The van der Waals surface area contributed by atoms with Gasteiger partial charge in [-0.25, -0.2) is 9.59 Å². The molecule has 0 saturated heterocycles. The summed E-state index contributed by atoms with van der Waals surface area (Å²) in [6, 6.07) is 15.6. The van der Waals surface area contributed by atoms with Crippen molar-refractivity contribution in [2.24, 2.45) is 5.73 Å². The Morgan fingerprint density at radius 1 is 0.971 bits per heavy atom. The lowest BCUT2D eigenvalue weighted by Crippen LogP contribution is -2.55. The first-order valence-corrected chi connectivity index (χ1v) is 12.1. The minimum absolute atomic E-state index is 0.0171. The zero-order valence-corrected chi connectivity index (χ0v) is 20.6. The zero-order chi connectivity index (χ0) is 25.4. The molecule has 1 aliphatic carbocycles. The minimum atomic E-state index is -1.14. The Morgan fingerprint density at radius 2 is 1.57 bits per heavy atom. The molecule has 188 valence electrons. The van der Waals surface area contributed by atoms with Crippen molar-refractivity contribution >= 4 is 18.0 Å². The number of hydrogen-bond acceptors (Lipinski definition) is 6. The lowest BCUT2D eigenvalue weighted by atomic mass is 9.98. The van der Waals surface area contributed by atoms with Crippen LogP contribution in [-0.2, 0) is 19.1 Å². The Bertz CT molecular complexity index is 1010. The third kappa shape index (κ3) is 6.60. The Kier molecular flexibility index (Phi) is 8.87. The summed E-state index contributed by atoms with van der Waals surface area (Å²) in [5.41, 5.74) is 9.52. The summed E-state index contributed by atoms with van der Waals surface area (Å²) in [7, 11) is 0. The molecule has 0 unspecified atom stereocenters. The van der Waals surface area contributed by atoms with E-state index >= 15 is 0 Å². The lowest BCUT2D eigenvalue weighted by Gasteiger charge is -2.25. The normalized spacial score (nSPS) is 13.4. The molecule has 4 N–H and O–H groups in total. The average Bonchev–Trinajstić information content (AvgIpc) is 3.16. The highest BCUT2D eigenvalue weighted by atomic mass is 16.5. The van der Waals surface area contributed by atoms with Crippen LogP contribution in [0, 0.1) is 0 Å². The maximum absolute atomic E-state index is 12.3. The summed E-state index contributed by atoms with van der Waals surface area (Å²) < 4.78 is 10.5. The van der Waals surface area contributed by atoms with Gasteiger partial charge in [-0.3, -0.25) is 4.79 Å². The number of amides is 2. The highest BCUT2D eigenvalue weighted by molar-refractivity contribution is 5.89. The van der Waals surface area contributed by atoms with Gasteiger partial charge in [-0.05, 0) is 62.3 Å².